The molecule has 8 nitrogen and oxygen atoms in total. The van der Waals surface area contributed by atoms with Crippen molar-refractivity contribution in [3.8, 4) is 0 Å². The lowest BCUT2D eigenvalue weighted by Gasteiger charge is -2.33. The maximum atomic E-state index is 13.7. The number of hydrogen-bond acceptors (Lipinski definition) is 7. The third-order valence-corrected chi connectivity index (χ3v) is 8.01. The van der Waals surface area contributed by atoms with Gasteiger partial charge in [0.05, 0.1) is 4.90 Å². The molecule has 0 aliphatic carbocycles. The number of carbonyl (C=O) groups excluding carboxylic acids is 1. The van der Waals surface area contributed by atoms with Crippen LogP contribution in [0.3, 0.4) is 0 Å². The van der Waals surface area contributed by atoms with E-state index >= 15 is 0 Å². The van der Waals surface area contributed by atoms with Crippen molar-refractivity contribution in [1.29, 1.82) is 0 Å². The Hall–Kier alpha value is -3.46. The first-order valence-electron chi connectivity index (χ1n) is 11.6. The van der Waals surface area contributed by atoms with E-state index in [1.807, 2.05) is 36.1 Å². The molecular formula is C26H31N5O3S. The van der Waals surface area contributed by atoms with Crippen molar-refractivity contribution in [3.05, 3.63) is 71.4 Å². The molecule has 1 fully saturated rings. The van der Waals surface area contributed by atoms with E-state index in [-0.39, 0.29) is 21.0 Å². The molecule has 0 bridgehead atoms. The Morgan fingerprint density at radius 2 is 1.94 bits per heavy atom. The SMILES string of the molecule is Cc1cccc(CNc2cccc(S(=O)(=O)c3ccnc(N4CC(C)CC4(C)C)c3C(N)=O)n2)c1. The molecular weight excluding hydrogens is 462 g/mol. The molecule has 35 heavy (non-hydrogen) atoms. The van der Waals surface area contributed by atoms with Gasteiger partial charge in [-0.1, -0.05) is 42.8 Å². The van der Waals surface area contributed by atoms with Crippen LogP contribution in [-0.2, 0) is 16.4 Å². The smallest absolute Gasteiger partial charge is 0.253 e. The molecule has 1 saturated heterocycles. The number of aryl methyl sites for hydroxylation is 1. The number of pyridine rings is 2. The zero-order valence-electron chi connectivity index (χ0n) is 20.4. The fraction of sp³-hybridized carbons (Fsp3) is 0.346. The van der Waals surface area contributed by atoms with Crippen LogP contribution in [-0.4, -0.2) is 36.4 Å². The second-order valence-corrected chi connectivity index (χ2v) is 11.7. The van der Waals surface area contributed by atoms with Crippen molar-refractivity contribution in [3.63, 3.8) is 0 Å². The van der Waals surface area contributed by atoms with Crippen LogP contribution < -0.4 is 16.0 Å². The Balaban J connectivity index is 1.71. The van der Waals surface area contributed by atoms with E-state index in [1.165, 1.54) is 18.3 Å². The zero-order valence-corrected chi connectivity index (χ0v) is 21.3. The minimum absolute atomic E-state index is 0.102. The lowest BCUT2D eigenvalue weighted by Crippen LogP contribution is -2.40. The van der Waals surface area contributed by atoms with Crippen LogP contribution in [0.4, 0.5) is 11.6 Å². The average Bonchev–Trinajstić information content (AvgIpc) is 3.09. The number of primary amides is 1. The highest BCUT2D eigenvalue weighted by Crippen LogP contribution is 2.39. The average molecular weight is 494 g/mol. The third kappa shape index (κ3) is 5.00. The fourth-order valence-electron chi connectivity index (χ4n) is 4.84. The Bertz CT molecular complexity index is 1370. The molecule has 184 valence electrons. The van der Waals surface area contributed by atoms with Crippen LogP contribution in [0.25, 0.3) is 0 Å². The van der Waals surface area contributed by atoms with Crippen molar-refractivity contribution in [2.75, 3.05) is 16.8 Å². The van der Waals surface area contributed by atoms with Crippen LogP contribution in [0.5, 0.6) is 0 Å². The zero-order chi connectivity index (χ0) is 25.4. The van der Waals surface area contributed by atoms with E-state index in [1.54, 1.807) is 12.1 Å². The first-order chi connectivity index (χ1) is 16.5. The molecule has 1 unspecified atom stereocenters. The molecule has 1 amide bonds. The second kappa shape index (κ2) is 9.30. The van der Waals surface area contributed by atoms with E-state index < -0.39 is 15.7 Å². The molecule has 3 heterocycles. The molecule has 3 aromatic rings. The predicted octanol–water partition coefficient (Wildman–Crippen LogP) is 3.95. The molecule has 1 aliphatic rings. The first-order valence-corrected chi connectivity index (χ1v) is 13.1. The Morgan fingerprint density at radius 1 is 1.20 bits per heavy atom. The monoisotopic (exact) mass is 493 g/mol. The minimum Gasteiger partial charge on any atom is -0.366 e. The molecule has 9 heteroatoms. The predicted molar refractivity (Wildman–Crippen MR) is 136 cm³/mol. The van der Waals surface area contributed by atoms with Gasteiger partial charge in [0, 0.05) is 24.8 Å². The van der Waals surface area contributed by atoms with Gasteiger partial charge in [-0.3, -0.25) is 4.79 Å². The maximum Gasteiger partial charge on any atom is 0.253 e. The van der Waals surface area contributed by atoms with E-state index in [9.17, 15) is 13.2 Å². The summed E-state index contributed by atoms with van der Waals surface area (Å²) in [6.45, 7) is 9.38. The molecule has 2 aromatic heterocycles. The second-order valence-electron chi connectivity index (χ2n) is 9.81. The number of aromatic nitrogens is 2. The van der Waals surface area contributed by atoms with Gasteiger partial charge in [-0.25, -0.2) is 18.4 Å². The number of benzene rings is 1. The summed E-state index contributed by atoms with van der Waals surface area (Å²) < 4.78 is 27.4. The molecule has 1 aliphatic heterocycles. The van der Waals surface area contributed by atoms with Crippen molar-refractivity contribution >= 4 is 27.4 Å². The number of sulfone groups is 1. The van der Waals surface area contributed by atoms with Gasteiger partial charge in [-0.15, -0.1) is 0 Å². The van der Waals surface area contributed by atoms with Crippen molar-refractivity contribution in [2.45, 2.75) is 56.1 Å². The molecule has 1 aromatic carbocycles. The summed E-state index contributed by atoms with van der Waals surface area (Å²) in [5.74, 6) is 0.236. The van der Waals surface area contributed by atoms with E-state index in [4.69, 9.17) is 5.73 Å². The van der Waals surface area contributed by atoms with Gasteiger partial charge in [0.15, 0.2) is 5.03 Å². The summed E-state index contributed by atoms with van der Waals surface area (Å²) in [6, 6.07) is 14.1. The summed E-state index contributed by atoms with van der Waals surface area (Å²) in [5, 5.41) is 3.01. The Labute approximate surface area is 206 Å². The summed E-state index contributed by atoms with van der Waals surface area (Å²) in [4.78, 5) is 23.1. The summed E-state index contributed by atoms with van der Waals surface area (Å²) >= 11 is 0. The van der Waals surface area contributed by atoms with Gasteiger partial charge in [0.25, 0.3) is 5.91 Å². The van der Waals surface area contributed by atoms with Crippen LogP contribution in [0.1, 0.15) is 48.7 Å². The van der Waals surface area contributed by atoms with Gasteiger partial charge in [0.1, 0.15) is 17.2 Å². The summed E-state index contributed by atoms with van der Waals surface area (Å²) in [7, 11) is -4.15. The third-order valence-electron chi connectivity index (χ3n) is 6.31. The normalized spacial score (nSPS) is 17.4. The number of rotatable bonds is 7. The quantitative estimate of drug-likeness (QED) is 0.511. The Kier molecular flexibility index (Phi) is 6.55. The lowest BCUT2D eigenvalue weighted by molar-refractivity contribution is 0.0997. The standard InChI is InChI=1S/C26H31N5O3S/c1-17-7-5-8-19(13-17)15-29-21-9-6-10-22(30-21)35(33,34)20-11-12-28-25(23(20)24(27)32)31-16-18(2)14-26(31,3)4/h5-13,18H,14-16H2,1-4H3,(H2,27,32)(H,29,30). The molecule has 0 radical (unpaired) electrons. The molecule has 0 spiro atoms. The van der Waals surface area contributed by atoms with Crippen LogP contribution >= 0.6 is 0 Å². The Morgan fingerprint density at radius 3 is 2.60 bits per heavy atom. The number of anilines is 2. The van der Waals surface area contributed by atoms with Crippen LogP contribution in [0.2, 0.25) is 0 Å². The highest BCUT2D eigenvalue weighted by atomic mass is 32.2. The fourth-order valence-corrected chi connectivity index (χ4v) is 6.25. The highest BCUT2D eigenvalue weighted by Gasteiger charge is 2.40. The molecule has 4 rings (SSSR count). The number of amides is 1. The van der Waals surface area contributed by atoms with Gasteiger partial charge in [-0.2, -0.15) is 0 Å². The van der Waals surface area contributed by atoms with Crippen LogP contribution in [0.15, 0.2) is 64.6 Å². The van der Waals surface area contributed by atoms with Gasteiger partial charge < -0.3 is 16.0 Å². The number of hydrogen-bond donors (Lipinski definition) is 2. The largest absolute Gasteiger partial charge is 0.366 e. The van der Waals surface area contributed by atoms with Gasteiger partial charge in [0.2, 0.25) is 9.84 Å². The van der Waals surface area contributed by atoms with Crippen LogP contribution in [0, 0.1) is 12.8 Å². The number of nitrogens with two attached hydrogens (primary N) is 1. The van der Waals surface area contributed by atoms with E-state index in [0.29, 0.717) is 30.6 Å². The highest BCUT2D eigenvalue weighted by molar-refractivity contribution is 7.91. The molecule has 3 N–H and O–H groups in total. The van der Waals surface area contributed by atoms with Crippen molar-refractivity contribution in [1.82, 2.24) is 9.97 Å². The van der Waals surface area contributed by atoms with Gasteiger partial charge >= 0.3 is 0 Å². The number of nitrogens with one attached hydrogen (secondary N) is 1. The molecule has 0 saturated carbocycles. The summed E-state index contributed by atoms with van der Waals surface area (Å²) in [5.41, 5.74) is 7.52. The minimum atomic E-state index is -4.15. The van der Waals surface area contributed by atoms with Crippen molar-refractivity contribution in [2.24, 2.45) is 11.7 Å². The summed E-state index contributed by atoms with van der Waals surface area (Å²) in [6.07, 6.45) is 2.30. The lowest BCUT2D eigenvalue weighted by atomic mass is 9.97. The maximum absolute atomic E-state index is 13.7. The number of carbonyl (C=O) groups is 1. The molecule has 1 atom stereocenters. The number of nitrogens with zero attached hydrogens (tertiary/aromatic N) is 3. The van der Waals surface area contributed by atoms with E-state index in [0.717, 1.165) is 17.5 Å². The van der Waals surface area contributed by atoms with Gasteiger partial charge in [-0.05, 0) is 56.9 Å². The topological polar surface area (TPSA) is 118 Å². The van der Waals surface area contributed by atoms with E-state index in [2.05, 4.69) is 36.1 Å². The van der Waals surface area contributed by atoms with Crippen molar-refractivity contribution < 1.29 is 13.2 Å². The first kappa shape index (κ1) is 24.7.